The minimum Gasteiger partial charge on any atom is -0.481 e. The third-order valence-electron chi connectivity index (χ3n) is 3.70. The molecule has 0 radical (unpaired) electrons. The van der Waals surface area contributed by atoms with E-state index in [4.69, 9.17) is 10.8 Å². The van der Waals surface area contributed by atoms with Crippen molar-refractivity contribution in [2.75, 3.05) is 18.0 Å². The third-order valence-corrected chi connectivity index (χ3v) is 3.70. The molecule has 0 aromatic heterocycles. The number of hydrogen-bond acceptors (Lipinski definition) is 3. The van der Waals surface area contributed by atoms with E-state index >= 15 is 0 Å². The molecule has 4 heteroatoms. The summed E-state index contributed by atoms with van der Waals surface area (Å²) in [5, 5.41) is 8.78. The van der Waals surface area contributed by atoms with E-state index in [1.807, 2.05) is 6.92 Å². The highest BCUT2D eigenvalue weighted by Gasteiger charge is 2.19. The fourth-order valence-corrected chi connectivity index (χ4v) is 2.65. The summed E-state index contributed by atoms with van der Waals surface area (Å²) < 4.78 is 0. The van der Waals surface area contributed by atoms with Gasteiger partial charge in [0.15, 0.2) is 0 Å². The lowest BCUT2D eigenvalue weighted by Gasteiger charge is -2.24. The van der Waals surface area contributed by atoms with Crippen molar-refractivity contribution in [2.24, 2.45) is 5.73 Å². The van der Waals surface area contributed by atoms with Crippen LogP contribution in [0.3, 0.4) is 0 Å². The molecule has 0 aliphatic carbocycles. The number of carboxylic acid groups (broad SMARTS) is 1. The molecule has 1 aromatic carbocycles. The fourth-order valence-electron chi connectivity index (χ4n) is 2.65. The zero-order valence-electron chi connectivity index (χ0n) is 11.4. The first kappa shape index (κ1) is 13.9. The van der Waals surface area contributed by atoms with Crippen LogP contribution in [0.4, 0.5) is 5.69 Å². The Hall–Kier alpha value is -1.55. The molecule has 4 nitrogen and oxygen atoms in total. The average molecular weight is 262 g/mol. The molecule has 1 heterocycles. The predicted octanol–water partition coefficient (Wildman–Crippen LogP) is 2.46. The quantitative estimate of drug-likeness (QED) is 0.855. The maximum atomic E-state index is 10.7. The lowest BCUT2D eigenvalue weighted by atomic mass is 9.98. The fraction of sp³-hybridized carbons (Fsp3) is 0.533. The normalized spacial score (nSPS) is 16.6. The van der Waals surface area contributed by atoms with Crippen molar-refractivity contribution >= 4 is 11.7 Å². The molecule has 1 saturated heterocycles. The van der Waals surface area contributed by atoms with Crippen LogP contribution in [-0.2, 0) is 4.79 Å². The molecule has 0 saturated carbocycles. The third kappa shape index (κ3) is 3.47. The Kier molecular flexibility index (Phi) is 4.43. The van der Waals surface area contributed by atoms with E-state index in [2.05, 4.69) is 23.1 Å². The van der Waals surface area contributed by atoms with Gasteiger partial charge in [0, 0.05) is 31.2 Å². The Morgan fingerprint density at radius 1 is 1.42 bits per heavy atom. The lowest BCUT2D eigenvalue weighted by molar-refractivity contribution is -0.137. The summed E-state index contributed by atoms with van der Waals surface area (Å²) in [4.78, 5) is 13.0. The van der Waals surface area contributed by atoms with Crippen molar-refractivity contribution in [1.82, 2.24) is 0 Å². The summed E-state index contributed by atoms with van der Waals surface area (Å²) in [5.74, 6) is -0.786. The molecule has 3 N–H and O–H groups in total. The van der Waals surface area contributed by atoms with Gasteiger partial charge in [0.25, 0.3) is 0 Å². The van der Waals surface area contributed by atoms with E-state index in [-0.39, 0.29) is 12.5 Å². The largest absolute Gasteiger partial charge is 0.481 e. The number of carbonyl (C=O) groups is 1. The van der Waals surface area contributed by atoms with E-state index in [1.54, 1.807) is 0 Å². The molecule has 0 amide bonds. The first-order valence-corrected chi connectivity index (χ1v) is 6.91. The Morgan fingerprint density at radius 3 is 2.74 bits per heavy atom. The molecule has 2 rings (SSSR count). The molecule has 1 atom stereocenters. The second-order valence-corrected chi connectivity index (χ2v) is 5.30. The van der Waals surface area contributed by atoms with Crippen LogP contribution in [0.25, 0.3) is 0 Å². The summed E-state index contributed by atoms with van der Waals surface area (Å²) in [5.41, 5.74) is 9.63. The van der Waals surface area contributed by atoms with Gasteiger partial charge in [-0.3, -0.25) is 4.79 Å². The van der Waals surface area contributed by atoms with Gasteiger partial charge in [-0.25, -0.2) is 0 Å². The number of hydrogen-bond donors (Lipinski definition) is 2. The molecule has 1 aromatic rings. The van der Waals surface area contributed by atoms with Gasteiger partial charge >= 0.3 is 5.97 Å². The maximum absolute atomic E-state index is 10.7. The number of anilines is 1. The smallest absolute Gasteiger partial charge is 0.303 e. The maximum Gasteiger partial charge on any atom is 0.303 e. The average Bonchev–Trinajstić information content (AvgIpc) is 2.89. The minimum atomic E-state index is -0.786. The van der Waals surface area contributed by atoms with E-state index in [9.17, 15) is 4.79 Å². The molecule has 19 heavy (non-hydrogen) atoms. The van der Waals surface area contributed by atoms with Crippen molar-refractivity contribution in [2.45, 2.75) is 38.6 Å². The van der Waals surface area contributed by atoms with Gasteiger partial charge in [-0.2, -0.15) is 0 Å². The second kappa shape index (κ2) is 6.06. The number of aryl methyl sites for hydroxylation is 1. The summed E-state index contributed by atoms with van der Waals surface area (Å²) in [7, 11) is 0. The Labute approximate surface area is 114 Å². The zero-order chi connectivity index (χ0) is 13.8. The van der Waals surface area contributed by atoms with Crippen LogP contribution in [0.2, 0.25) is 0 Å². The highest BCUT2D eigenvalue weighted by Crippen LogP contribution is 2.31. The molecule has 0 spiro atoms. The van der Waals surface area contributed by atoms with Gasteiger partial charge in [-0.05, 0) is 37.8 Å². The van der Waals surface area contributed by atoms with Crippen molar-refractivity contribution in [3.63, 3.8) is 0 Å². The molecular formula is C15H22N2O2. The highest BCUT2D eigenvalue weighted by molar-refractivity contribution is 5.67. The molecule has 1 unspecified atom stereocenters. The number of nitrogens with two attached hydrogens (primary N) is 1. The second-order valence-electron chi connectivity index (χ2n) is 5.30. The van der Waals surface area contributed by atoms with Gasteiger partial charge < -0.3 is 15.7 Å². The minimum absolute atomic E-state index is 0.120. The van der Waals surface area contributed by atoms with Crippen molar-refractivity contribution in [3.05, 3.63) is 29.3 Å². The van der Waals surface area contributed by atoms with Crippen LogP contribution in [0.1, 0.15) is 42.9 Å². The molecule has 1 fully saturated rings. The zero-order valence-corrected chi connectivity index (χ0v) is 11.4. The van der Waals surface area contributed by atoms with Crippen LogP contribution in [0.15, 0.2) is 18.2 Å². The van der Waals surface area contributed by atoms with Gasteiger partial charge in [0.1, 0.15) is 0 Å². The first-order valence-electron chi connectivity index (χ1n) is 6.91. The molecular weight excluding hydrogens is 240 g/mol. The first-order chi connectivity index (χ1) is 9.08. The summed E-state index contributed by atoms with van der Waals surface area (Å²) >= 11 is 0. The van der Waals surface area contributed by atoms with E-state index < -0.39 is 5.97 Å². The van der Waals surface area contributed by atoms with Gasteiger partial charge in [-0.15, -0.1) is 0 Å². The van der Waals surface area contributed by atoms with Gasteiger partial charge in [-0.1, -0.05) is 17.7 Å². The lowest BCUT2D eigenvalue weighted by Crippen LogP contribution is -2.22. The number of aliphatic carboxylic acids is 1. The summed E-state index contributed by atoms with van der Waals surface area (Å²) in [6.07, 6.45) is 3.05. The number of nitrogens with zero attached hydrogens (tertiary/aromatic N) is 1. The number of benzene rings is 1. The van der Waals surface area contributed by atoms with Crippen LogP contribution in [0, 0.1) is 6.92 Å². The standard InChI is InChI=1S/C15H22N2O2/c1-11-4-6-14(17-8-2-3-9-17)12(10-11)13(16)5-7-15(18)19/h4,6,10,13H,2-3,5,7-9,16H2,1H3,(H,18,19). The van der Waals surface area contributed by atoms with Gasteiger partial charge in [0.2, 0.25) is 0 Å². The van der Waals surface area contributed by atoms with Crippen molar-refractivity contribution in [1.29, 1.82) is 0 Å². The topological polar surface area (TPSA) is 66.6 Å². The highest BCUT2D eigenvalue weighted by atomic mass is 16.4. The van der Waals surface area contributed by atoms with E-state index in [0.717, 1.165) is 18.7 Å². The molecule has 0 bridgehead atoms. The van der Waals surface area contributed by atoms with Crippen LogP contribution in [-0.4, -0.2) is 24.2 Å². The monoisotopic (exact) mass is 262 g/mol. The van der Waals surface area contributed by atoms with Crippen LogP contribution < -0.4 is 10.6 Å². The Balaban J connectivity index is 2.20. The Morgan fingerprint density at radius 2 is 2.11 bits per heavy atom. The predicted molar refractivity (Wildman–Crippen MR) is 76.4 cm³/mol. The van der Waals surface area contributed by atoms with Crippen molar-refractivity contribution < 1.29 is 9.90 Å². The van der Waals surface area contributed by atoms with E-state index in [0.29, 0.717) is 6.42 Å². The van der Waals surface area contributed by atoms with Gasteiger partial charge in [0.05, 0.1) is 0 Å². The summed E-state index contributed by atoms with van der Waals surface area (Å²) in [6.45, 7) is 4.19. The Bertz CT molecular complexity index is 453. The van der Waals surface area contributed by atoms with E-state index in [1.165, 1.54) is 24.1 Å². The molecule has 104 valence electrons. The SMILES string of the molecule is Cc1ccc(N2CCCC2)c(C(N)CCC(=O)O)c1. The van der Waals surface area contributed by atoms with Crippen LogP contribution >= 0.6 is 0 Å². The molecule has 1 aliphatic rings. The van der Waals surface area contributed by atoms with Crippen molar-refractivity contribution in [3.8, 4) is 0 Å². The number of rotatable bonds is 5. The summed E-state index contributed by atoms with van der Waals surface area (Å²) in [6, 6.07) is 6.12. The number of carboxylic acids is 1. The molecule has 1 aliphatic heterocycles. The van der Waals surface area contributed by atoms with Crippen LogP contribution in [0.5, 0.6) is 0 Å².